The van der Waals surface area contributed by atoms with Crippen molar-refractivity contribution in [1.29, 1.82) is 0 Å². The van der Waals surface area contributed by atoms with Crippen molar-refractivity contribution in [2.24, 2.45) is 0 Å². The molecule has 0 bridgehead atoms. The van der Waals surface area contributed by atoms with Crippen molar-refractivity contribution in [3.63, 3.8) is 0 Å². The van der Waals surface area contributed by atoms with Crippen molar-refractivity contribution in [2.45, 2.75) is 37.6 Å². The summed E-state index contributed by atoms with van der Waals surface area (Å²) in [4.78, 5) is 34.2. The maximum Gasteiger partial charge on any atom is 0.348 e. The van der Waals surface area contributed by atoms with Crippen molar-refractivity contribution in [3.05, 3.63) is 110 Å². The molecule has 2 aromatic heterocycles. The molecule has 0 aliphatic carbocycles. The fourth-order valence-corrected chi connectivity index (χ4v) is 6.64. The van der Waals surface area contributed by atoms with Crippen LogP contribution < -0.4 is 14.8 Å². The molecule has 242 valence electrons. The second-order valence-electron chi connectivity index (χ2n) is 10.9. The highest BCUT2D eigenvalue weighted by Gasteiger charge is 2.29. The Morgan fingerprint density at radius 2 is 1.74 bits per heavy atom. The summed E-state index contributed by atoms with van der Waals surface area (Å²) in [6.45, 7) is 1.96. The first-order valence-corrected chi connectivity index (χ1v) is 16.3. The topological polar surface area (TPSA) is 99.2 Å². The van der Waals surface area contributed by atoms with E-state index >= 15 is 0 Å². The summed E-state index contributed by atoms with van der Waals surface area (Å²) in [6.07, 6.45) is 3.13. The molecule has 1 unspecified atom stereocenters. The Hall–Kier alpha value is -3.67. The van der Waals surface area contributed by atoms with Gasteiger partial charge in [0.05, 0.1) is 24.3 Å². The number of esters is 2. The predicted octanol–water partition coefficient (Wildman–Crippen LogP) is 6.69. The number of ether oxygens (including phenoxy) is 4. The highest BCUT2D eigenvalue weighted by atomic mass is 35.5. The van der Waals surface area contributed by atoms with Crippen molar-refractivity contribution in [3.8, 4) is 11.5 Å². The van der Waals surface area contributed by atoms with Gasteiger partial charge in [0, 0.05) is 43.3 Å². The van der Waals surface area contributed by atoms with E-state index in [0.717, 1.165) is 23.4 Å². The molecule has 1 saturated heterocycles. The van der Waals surface area contributed by atoms with Crippen LogP contribution in [0.15, 0.2) is 73.1 Å². The SMILES string of the molecule is COc1ccc([C@H](Cc2c(Cl)cncc2Cl)OC(=O)c2ccc(CNC(C(=O)O[C@H]3CCN(C)C3)c3ccccc3)s2)cc1OC. The molecule has 2 aromatic carbocycles. The molecule has 4 aromatic rings. The summed E-state index contributed by atoms with van der Waals surface area (Å²) in [5.41, 5.74) is 2.08. The molecule has 1 aliphatic heterocycles. The predicted molar refractivity (Wildman–Crippen MR) is 178 cm³/mol. The van der Waals surface area contributed by atoms with Gasteiger partial charge in [-0.05, 0) is 54.4 Å². The normalized spacial score (nSPS) is 16.1. The maximum atomic E-state index is 13.5. The summed E-state index contributed by atoms with van der Waals surface area (Å²) < 4.78 is 22.8. The van der Waals surface area contributed by atoms with Crippen LogP contribution in [0.3, 0.4) is 0 Å². The zero-order valence-corrected chi connectivity index (χ0v) is 28.0. The number of thiophene rings is 1. The number of nitrogens with zero attached hydrogens (tertiary/aromatic N) is 2. The number of carbonyl (C=O) groups excluding carboxylic acids is 2. The first-order valence-electron chi connectivity index (χ1n) is 14.7. The lowest BCUT2D eigenvalue weighted by molar-refractivity contribution is -0.151. The van der Waals surface area contributed by atoms with Gasteiger partial charge in [-0.3, -0.25) is 10.3 Å². The molecule has 9 nitrogen and oxygen atoms in total. The zero-order valence-electron chi connectivity index (χ0n) is 25.7. The standard InChI is InChI=1S/C34H35Cl2N3O6S/c1-39-14-13-23(20-39)44-34(41)32(21-7-5-4-6-8-21)38-17-24-10-12-31(46-24)33(40)45-29(16-25-26(35)18-37-19-27(25)36)22-9-11-28(42-2)30(15-22)43-3/h4-12,15,18-19,23,29,32,38H,13-14,16-17,20H2,1-3H3/t23-,29-,32?/m0/s1. The van der Waals surface area contributed by atoms with Gasteiger partial charge in [0.1, 0.15) is 23.1 Å². The van der Waals surface area contributed by atoms with Crippen molar-refractivity contribution >= 4 is 46.5 Å². The third-order valence-electron chi connectivity index (χ3n) is 7.71. The molecule has 1 aliphatic rings. The second kappa shape index (κ2) is 15.8. The van der Waals surface area contributed by atoms with Gasteiger partial charge in [-0.15, -0.1) is 11.3 Å². The molecule has 1 fully saturated rings. The molecule has 0 spiro atoms. The molecule has 0 radical (unpaired) electrons. The van der Waals surface area contributed by atoms with E-state index in [1.807, 2.05) is 43.4 Å². The van der Waals surface area contributed by atoms with Gasteiger partial charge in [0.25, 0.3) is 0 Å². The largest absolute Gasteiger partial charge is 0.493 e. The van der Waals surface area contributed by atoms with Crippen LogP contribution in [0.2, 0.25) is 10.0 Å². The van der Waals surface area contributed by atoms with Gasteiger partial charge in [-0.25, -0.2) is 9.59 Å². The van der Waals surface area contributed by atoms with E-state index in [-0.39, 0.29) is 18.5 Å². The smallest absolute Gasteiger partial charge is 0.348 e. The number of carbonyl (C=O) groups is 2. The van der Waals surface area contributed by atoms with Gasteiger partial charge < -0.3 is 23.8 Å². The van der Waals surface area contributed by atoms with E-state index in [9.17, 15) is 9.59 Å². The Kier molecular flexibility index (Phi) is 11.5. The van der Waals surface area contributed by atoms with Crippen LogP contribution in [-0.2, 0) is 27.2 Å². The Morgan fingerprint density at radius 3 is 2.41 bits per heavy atom. The number of hydrogen-bond donors (Lipinski definition) is 1. The Morgan fingerprint density at radius 1 is 1.00 bits per heavy atom. The first-order chi connectivity index (χ1) is 22.2. The molecule has 0 amide bonds. The quantitative estimate of drug-likeness (QED) is 0.155. The number of likely N-dealkylation sites (tertiary alicyclic amines) is 1. The molecule has 1 N–H and O–H groups in total. The minimum absolute atomic E-state index is 0.135. The number of aromatic nitrogens is 1. The number of hydrogen-bond acceptors (Lipinski definition) is 10. The van der Waals surface area contributed by atoms with E-state index in [2.05, 4.69) is 15.2 Å². The Labute approximate surface area is 282 Å². The summed E-state index contributed by atoms with van der Waals surface area (Å²) in [5, 5.41) is 4.07. The van der Waals surface area contributed by atoms with E-state index in [0.29, 0.717) is 50.6 Å². The average molecular weight is 685 g/mol. The summed E-state index contributed by atoms with van der Waals surface area (Å²) in [5.74, 6) is 0.194. The van der Waals surface area contributed by atoms with Crippen LogP contribution in [0.5, 0.6) is 11.5 Å². The third kappa shape index (κ3) is 8.37. The lowest BCUT2D eigenvalue weighted by Gasteiger charge is -2.21. The fourth-order valence-electron chi connectivity index (χ4n) is 5.28. The van der Waals surface area contributed by atoms with Crippen LogP contribution in [0.4, 0.5) is 0 Å². The monoisotopic (exact) mass is 683 g/mol. The summed E-state index contributed by atoms with van der Waals surface area (Å²) >= 11 is 14.1. The van der Waals surface area contributed by atoms with Crippen molar-refractivity contribution in [1.82, 2.24) is 15.2 Å². The number of nitrogens with one attached hydrogen (secondary N) is 1. The van der Waals surface area contributed by atoms with Gasteiger partial charge in [-0.1, -0.05) is 59.6 Å². The fraction of sp³-hybridized carbons (Fsp3) is 0.324. The van der Waals surface area contributed by atoms with Crippen LogP contribution in [-0.4, -0.2) is 62.3 Å². The summed E-state index contributed by atoms with van der Waals surface area (Å²) in [7, 11) is 5.10. The molecule has 46 heavy (non-hydrogen) atoms. The molecule has 3 atom stereocenters. The van der Waals surface area contributed by atoms with Crippen LogP contribution >= 0.6 is 34.5 Å². The van der Waals surface area contributed by atoms with E-state index in [1.54, 1.807) is 31.4 Å². The minimum atomic E-state index is -0.750. The van der Waals surface area contributed by atoms with Gasteiger partial charge in [0.15, 0.2) is 11.5 Å². The van der Waals surface area contributed by atoms with Gasteiger partial charge in [-0.2, -0.15) is 0 Å². The van der Waals surface area contributed by atoms with Crippen LogP contribution in [0.25, 0.3) is 0 Å². The number of likely N-dealkylation sites (N-methyl/N-ethyl adjacent to an activating group) is 1. The molecule has 5 rings (SSSR count). The molecule has 0 saturated carbocycles. The van der Waals surface area contributed by atoms with Crippen molar-refractivity contribution < 1.29 is 28.5 Å². The lowest BCUT2D eigenvalue weighted by atomic mass is 10.0. The van der Waals surface area contributed by atoms with E-state index < -0.39 is 18.1 Å². The first kappa shape index (κ1) is 33.7. The van der Waals surface area contributed by atoms with Gasteiger partial charge in [0.2, 0.25) is 0 Å². The second-order valence-corrected chi connectivity index (χ2v) is 12.9. The van der Waals surface area contributed by atoms with Crippen molar-refractivity contribution in [2.75, 3.05) is 34.4 Å². The van der Waals surface area contributed by atoms with Crippen LogP contribution in [0, 0.1) is 0 Å². The minimum Gasteiger partial charge on any atom is -0.493 e. The Balaban J connectivity index is 1.31. The highest BCUT2D eigenvalue weighted by molar-refractivity contribution is 7.13. The number of pyridine rings is 1. The Bertz CT molecular complexity index is 1630. The molecular formula is C34H35Cl2N3O6S. The molecule has 12 heteroatoms. The highest BCUT2D eigenvalue weighted by Crippen LogP contribution is 2.36. The zero-order chi connectivity index (χ0) is 32.6. The molecule has 3 heterocycles. The summed E-state index contributed by atoms with van der Waals surface area (Å²) in [6, 6.07) is 17.7. The third-order valence-corrected chi connectivity index (χ3v) is 9.43. The van der Waals surface area contributed by atoms with Crippen LogP contribution in [0.1, 0.15) is 49.8 Å². The number of benzene rings is 2. The average Bonchev–Trinajstić information content (AvgIpc) is 3.71. The number of halogens is 2. The van der Waals surface area contributed by atoms with E-state index in [4.69, 9.17) is 42.1 Å². The van der Waals surface area contributed by atoms with E-state index in [1.165, 1.54) is 30.8 Å². The molecular weight excluding hydrogens is 649 g/mol. The van der Waals surface area contributed by atoms with Gasteiger partial charge >= 0.3 is 11.9 Å². The lowest BCUT2D eigenvalue weighted by Crippen LogP contribution is -2.33. The number of rotatable bonds is 13. The maximum absolute atomic E-state index is 13.5. The number of methoxy groups -OCH3 is 2.